The first-order valence-corrected chi connectivity index (χ1v) is 5.69. The van der Waals surface area contributed by atoms with Gasteiger partial charge in [0.25, 0.3) is 0 Å². The highest BCUT2D eigenvalue weighted by molar-refractivity contribution is 5.43. The summed E-state index contributed by atoms with van der Waals surface area (Å²) in [6, 6.07) is 13.5. The summed E-state index contributed by atoms with van der Waals surface area (Å²) in [5.74, 6) is 0.431. The molecule has 0 aliphatic heterocycles. The van der Waals surface area contributed by atoms with Gasteiger partial charge < -0.3 is 9.47 Å². The largest absolute Gasteiger partial charge is 0.497 e. The summed E-state index contributed by atoms with van der Waals surface area (Å²) >= 11 is 0. The number of nitrogens with zero attached hydrogens (tertiary/aromatic N) is 1. The molecular formula is C15H12FNO2. The summed E-state index contributed by atoms with van der Waals surface area (Å²) in [4.78, 5) is 0. The van der Waals surface area contributed by atoms with Gasteiger partial charge in [-0.1, -0.05) is 18.2 Å². The van der Waals surface area contributed by atoms with E-state index in [1.54, 1.807) is 19.2 Å². The number of hydrogen-bond acceptors (Lipinski definition) is 3. The van der Waals surface area contributed by atoms with Crippen LogP contribution < -0.4 is 9.47 Å². The van der Waals surface area contributed by atoms with Crippen LogP contribution in [0.1, 0.15) is 11.1 Å². The van der Waals surface area contributed by atoms with Crippen molar-refractivity contribution in [2.24, 2.45) is 0 Å². The molecule has 0 heterocycles. The second kappa shape index (κ2) is 5.87. The molecule has 0 unspecified atom stereocenters. The first-order chi connectivity index (χ1) is 9.24. The Balaban J connectivity index is 2.10. The Morgan fingerprint density at radius 3 is 2.53 bits per heavy atom. The van der Waals surface area contributed by atoms with Crippen LogP contribution in [0.4, 0.5) is 4.39 Å². The number of ether oxygens (including phenoxy) is 2. The second-order valence-electron chi connectivity index (χ2n) is 3.86. The number of methoxy groups -OCH3 is 1. The summed E-state index contributed by atoms with van der Waals surface area (Å²) in [5, 5.41) is 8.88. The van der Waals surface area contributed by atoms with Crippen LogP contribution in [-0.4, -0.2) is 7.11 Å². The standard InChI is InChI=1S/C15H12FNO2/c1-18-12-7-5-11(6-8-12)10-19-15-4-2-3-14(16)13(15)9-17/h2-8H,10H2,1H3. The smallest absolute Gasteiger partial charge is 0.144 e. The van der Waals surface area contributed by atoms with Gasteiger partial charge in [-0.05, 0) is 29.8 Å². The van der Waals surface area contributed by atoms with Gasteiger partial charge in [-0.25, -0.2) is 4.39 Å². The van der Waals surface area contributed by atoms with E-state index in [2.05, 4.69) is 0 Å². The number of benzene rings is 2. The lowest BCUT2D eigenvalue weighted by molar-refractivity contribution is 0.303. The van der Waals surface area contributed by atoms with Crippen molar-refractivity contribution in [3.63, 3.8) is 0 Å². The molecule has 2 rings (SSSR count). The van der Waals surface area contributed by atoms with Crippen molar-refractivity contribution < 1.29 is 13.9 Å². The maximum absolute atomic E-state index is 13.4. The van der Waals surface area contributed by atoms with E-state index in [0.717, 1.165) is 11.3 Å². The van der Waals surface area contributed by atoms with Gasteiger partial charge in [0, 0.05) is 0 Å². The van der Waals surface area contributed by atoms with Crippen molar-refractivity contribution in [1.29, 1.82) is 5.26 Å². The van der Waals surface area contributed by atoms with Gasteiger partial charge in [0.05, 0.1) is 7.11 Å². The fraction of sp³-hybridized carbons (Fsp3) is 0.133. The van der Waals surface area contributed by atoms with Crippen molar-refractivity contribution in [1.82, 2.24) is 0 Å². The summed E-state index contributed by atoms with van der Waals surface area (Å²) in [5.41, 5.74) is 0.838. The molecule has 0 aromatic heterocycles. The Labute approximate surface area is 110 Å². The Kier molecular flexibility index (Phi) is 3.99. The van der Waals surface area contributed by atoms with Gasteiger partial charge in [0.1, 0.15) is 35.6 Å². The Hall–Kier alpha value is -2.54. The lowest BCUT2D eigenvalue weighted by Gasteiger charge is -2.08. The highest BCUT2D eigenvalue weighted by Crippen LogP contribution is 2.22. The fourth-order valence-electron chi connectivity index (χ4n) is 1.62. The topological polar surface area (TPSA) is 42.2 Å². The molecule has 0 saturated carbocycles. The lowest BCUT2D eigenvalue weighted by Crippen LogP contribution is -1.98. The summed E-state index contributed by atoms with van der Waals surface area (Å²) < 4.78 is 23.9. The minimum absolute atomic E-state index is 0.0731. The molecule has 0 aliphatic rings. The van der Waals surface area contributed by atoms with Crippen molar-refractivity contribution in [2.75, 3.05) is 7.11 Å². The van der Waals surface area contributed by atoms with Gasteiger partial charge >= 0.3 is 0 Å². The quantitative estimate of drug-likeness (QED) is 0.844. The molecule has 0 bridgehead atoms. The predicted molar refractivity (Wildman–Crippen MR) is 68.4 cm³/mol. The van der Waals surface area contributed by atoms with Crippen LogP contribution in [0.5, 0.6) is 11.5 Å². The van der Waals surface area contributed by atoms with E-state index in [9.17, 15) is 4.39 Å². The van der Waals surface area contributed by atoms with Crippen molar-refractivity contribution in [3.8, 4) is 17.6 Å². The third kappa shape index (κ3) is 3.02. The maximum atomic E-state index is 13.4. The van der Waals surface area contributed by atoms with Gasteiger partial charge in [0.2, 0.25) is 0 Å². The summed E-state index contributed by atoms with van der Waals surface area (Å²) in [6.07, 6.45) is 0. The highest BCUT2D eigenvalue weighted by Gasteiger charge is 2.08. The van der Waals surface area contributed by atoms with Crippen LogP contribution in [0.3, 0.4) is 0 Å². The number of halogens is 1. The predicted octanol–water partition coefficient (Wildman–Crippen LogP) is 3.28. The normalized spacial score (nSPS) is 9.74. The van der Waals surface area contributed by atoms with E-state index in [-0.39, 0.29) is 17.9 Å². The molecule has 0 aliphatic carbocycles. The van der Waals surface area contributed by atoms with Crippen molar-refractivity contribution in [2.45, 2.75) is 6.61 Å². The molecule has 0 N–H and O–H groups in total. The molecule has 0 atom stereocenters. The van der Waals surface area contributed by atoms with Crippen LogP contribution >= 0.6 is 0 Å². The van der Waals surface area contributed by atoms with Crippen molar-refractivity contribution >= 4 is 0 Å². The van der Waals surface area contributed by atoms with Gasteiger partial charge in [-0.3, -0.25) is 0 Å². The Bertz CT molecular complexity index is 603. The molecule has 19 heavy (non-hydrogen) atoms. The third-order valence-electron chi connectivity index (χ3n) is 2.64. The highest BCUT2D eigenvalue weighted by atomic mass is 19.1. The molecule has 0 amide bonds. The average molecular weight is 257 g/mol. The monoisotopic (exact) mass is 257 g/mol. The van der Waals surface area contributed by atoms with E-state index in [0.29, 0.717) is 0 Å². The second-order valence-corrected chi connectivity index (χ2v) is 3.86. The fourth-order valence-corrected chi connectivity index (χ4v) is 1.62. The van der Waals surface area contributed by atoms with Crippen LogP contribution in [0.2, 0.25) is 0 Å². The number of hydrogen-bond donors (Lipinski definition) is 0. The first-order valence-electron chi connectivity index (χ1n) is 5.69. The minimum Gasteiger partial charge on any atom is -0.497 e. The van der Waals surface area contributed by atoms with E-state index in [1.165, 1.54) is 12.1 Å². The molecular weight excluding hydrogens is 245 g/mol. The van der Waals surface area contributed by atoms with E-state index in [1.807, 2.05) is 24.3 Å². The molecule has 4 heteroatoms. The van der Waals surface area contributed by atoms with E-state index < -0.39 is 5.82 Å². The van der Waals surface area contributed by atoms with Gasteiger partial charge in [-0.2, -0.15) is 5.26 Å². The van der Waals surface area contributed by atoms with Gasteiger partial charge in [-0.15, -0.1) is 0 Å². The van der Waals surface area contributed by atoms with E-state index in [4.69, 9.17) is 14.7 Å². The zero-order valence-corrected chi connectivity index (χ0v) is 10.4. The molecule has 0 fully saturated rings. The molecule has 3 nitrogen and oxygen atoms in total. The van der Waals surface area contributed by atoms with E-state index >= 15 is 0 Å². The van der Waals surface area contributed by atoms with Crippen LogP contribution in [0, 0.1) is 17.1 Å². The maximum Gasteiger partial charge on any atom is 0.144 e. The summed E-state index contributed by atoms with van der Waals surface area (Å²) in [6.45, 7) is 0.266. The molecule has 2 aromatic carbocycles. The van der Waals surface area contributed by atoms with Crippen LogP contribution in [0.25, 0.3) is 0 Å². The SMILES string of the molecule is COc1ccc(COc2cccc(F)c2C#N)cc1. The van der Waals surface area contributed by atoms with Crippen LogP contribution in [-0.2, 0) is 6.61 Å². The zero-order valence-electron chi connectivity index (χ0n) is 10.4. The number of rotatable bonds is 4. The first kappa shape index (κ1) is 12.9. The molecule has 0 spiro atoms. The van der Waals surface area contributed by atoms with Crippen LogP contribution in [0.15, 0.2) is 42.5 Å². The average Bonchev–Trinajstić information content (AvgIpc) is 2.45. The zero-order chi connectivity index (χ0) is 13.7. The minimum atomic E-state index is -0.574. The van der Waals surface area contributed by atoms with Crippen molar-refractivity contribution in [3.05, 3.63) is 59.4 Å². The summed E-state index contributed by atoms with van der Waals surface area (Å²) in [7, 11) is 1.59. The Morgan fingerprint density at radius 2 is 1.89 bits per heavy atom. The van der Waals surface area contributed by atoms with Gasteiger partial charge in [0.15, 0.2) is 0 Å². The number of nitriles is 1. The lowest BCUT2D eigenvalue weighted by atomic mass is 10.2. The molecule has 96 valence electrons. The molecule has 2 aromatic rings. The Morgan fingerprint density at radius 1 is 1.16 bits per heavy atom. The molecule has 0 saturated heterocycles. The third-order valence-corrected chi connectivity index (χ3v) is 2.64. The molecule has 0 radical (unpaired) electrons.